The van der Waals surface area contributed by atoms with Crippen molar-refractivity contribution in [3.8, 4) is 61.3 Å². The Hall–Kier alpha value is -13.4. The molecule has 0 unspecified atom stereocenters. The Morgan fingerprint density at radius 1 is 0.314 bits per heavy atom. The summed E-state index contributed by atoms with van der Waals surface area (Å²) in [6.07, 6.45) is 0.674. The monoisotopic (exact) mass is 1580 g/mol. The Kier molecular flexibility index (Phi) is 14.4. The summed E-state index contributed by atoms with van der Waals surface area (Å²) in [5.74, 6) is 0. The molecule has 0 radical (unpaired) electrons. The Morgan fingerprint density at radius 2 is 0.736 bits per heavy atom. The van der Waals surface area contributed by atoms with E-state index in [9.17, 15) is 16.4 Å². The molecule has 4 heterocycles. The lowest BCUT2D eigenvalue weighted by atomic mass is 9.33. The minimum atomic E-state index is -0.599. The van der Waals surface area contributed by atoms with Gasteiger partial charge < -0.3 is 23.8 Å². The van der Waals surface area contributed by atoms with E-state index in [-0.39, 0.29) is 104 Å². The van der Waals surface area contributed by atoms with Gasteiger partial charge in [-0.3, -0.25) is 0 Å². The fourth-order valence-corrected chi connectivity index (χ4v) is 18.0. The van der Waals surface area contributed by atoms with Gasteiger partial charge >= 0.3 is 0 Å². The fourth-order valence-electron chi connectivity index (χ4n) is 18.0. The number of anilines is 5. The van der Waals surface area contributed by atoms with Crippen LogP contribution in [0.25, 0.3) is 105 Å². The Balaban J connectivity index is 0.869. The number of benzene rings is 16. The van der Waals surface area contributed by atoms with Crippen molar-refractivity contribution < 1.29 is 28.8 Å². The van der Waals surface area contributed by atoms with Gasteiger partial charge in [0.15, 0.2) is 0 Å². The van der Waals surface area contributed by atoms with Gasteiger partial charge in [0.2, 0.25) is 0 Å². The van der Waals surface area contributed by atoms with Crippen LogP contribution in [0.3, 0.4) is 0 Å². The number of aromatic nitrogens is 2. The van der Waals surface area contributed by atoms with Crippen molar-refractivity contribution in [2.45, 2.75) is 118 Å². The average Bonchev–Trinajstić information content (AvgIpc) is 1.02. The normalized spacial score (nSPS) is 15.1. The molecule has 20 rings (SSSR count). The molecule has 0 fully saturated rings. The van der Waals surface area contributed by atoms with Gasteiger partial charge in [-0.1, -0.05) is 353 Å². The molecule has 0 amide bonds. The molecule has 5 nitrogen and oxygen atoms in total. The van der Waals surface area contributed by atoms with Gasteiger partial charge in [-0.15, -0.1) is 0 Å². The maximum atomic E-state index is 10.1. The highest BCUT2D eigenvalue weighted by Crippen LogP contribution is 2.47. The first kappa shape index (κ1) is 56.1. The lowest BCUT2D eigenvalue weighted by Gasteiger charge is -2.45. The minimum Gasteiger partial charge on any atom is -0.363 e. The number of fused-ring (bicyclic) bond motifs is 10. The van der Waals surface area contributed by atoms with Crippen LogP contribution >= 0.6 is 0 Å². The summed E-state index contributed by atoms with van der Waals surface area (Å²) in [7, 11) is 0. The van der Waals surface area contributed by atoms with E-state index in [0.29, 0.717) is 24.1 Å². The van der Waals surface area contributed by atoms with E-state index in [1.165, 1.54) is 15.7 Å². The molecule has 2 aromatic heterocycles. The van der Waals surface area contributed by atoms with Crippen LogP contribution in [-0.4, -0.2) is 22.4 Å². The van der Waals surface area contributed by atoms with Crippen LogP contribution in [0, 0.1) is 0 Å². The maximum absolute atomic E-state index is 10.1. The molecular formula is C115H102BN5. The van der Waals surface area contributed by atoms with Crippen LogP contribution < -0.4 is 31.1 Å². The van der Waals surface area contributed by atoms with E-state index in [1.54, 1.807) is 33.7 Å². The van der Waals surface area contributed by atoms with Crippen molar-refractivity contribution >= 4 is 95.1 Å². The first-order valence-corrected chi connectivity index (χ1v) is 41.7. The van der Waals surface area contributed by atoms with Gasteiger partial charge in [0.05, 0.1) is 39.8 Å². The summed E-state index contributed by atoms with van der Waals surface area (Å²) in [4.78, 5) is 6.66. The zero-order valence-electron chi connectivity index (χ0n) is 90.4. The predicted octanol–water partition coefficient (Wildman–Crippen LogP) is 27.4. The Labute approximate surface area is 743 Å². The SMILES string of the molecule is [2H]c1c([2H])c([2H])c(N(Cc2ccc(-n3c4c([2H])c([2H])c([2H])c([2H])c4c4c([2H])c([2H])c([2H])c([2H])c43)cc2)Cc2cc3c4c(c2)N(Cc2c(-c5ccccc5)cc(C(C)(C)C)cc2-c2ccccc2)c2cc(CCn5c6c([2H])c([2H])c([2H])c([2H])c6c6c([2H])c([2H])c([2H])c([2H])c65)ccc2B4c2ccc(-c4cc(C(C)(C)C)cc(C(C)(C)C)c4)cc2N3CCc2cc(-c3ccccc3)cc(-c3ccccc3)c2)c([2H])c1[2H]. The van der Waals surface area contributed by atoms with Crippen molar-refractivity contribution in [2.75, 3.05) is 21.2 Å². The van der Waals surface area contributed by atoms with Crippen LogP contribution in [0.1, 0.15) is 136 Å². The maximum Gasteiger partial charge on any atom is 0.252 e. The number of rotatable bonds is 19. The highest BCUT2D eigenvalue weighted by molar-refractivity contribution is 7.00. The smallest absolute Gasteiger partial charge is 0.252 e. The molecule has 2 aliphatic heterocycles. The van der Waals surface area contributed by atoms with Crippen molar-refractivity contribution in [1.29, 1.82) is 0 Å². The molecule has 18 aromatic rings. The Morgan fingerprint density at radius 3 is 1.26 bits per heavy atom. The van der Waals surface area contributed by atoms with E-state index < -0.39 is 134 Å². The second kappa shape index (κ2) is 31.1. The van der Waals surface area contributed by atoms with Gasteiger partial charge in [0.25, 0.3) is 6.71 Å². The summed E-state index contributed by atoms with van der Waals surface area (Å²) >= 11 is 0. The molecule has 0 saturated heterocycles. The molecular weight excluding hydrogens is 1460 g/mol. The van der Waals surface area contributed by atoms with Gasteiger partial charge in [0.1, 0.15) is 0 Å². The first-order valence-electron chi connectivity index (χ1n) is 52.2. The van der Waals surface area contributed by atoms with Crippen LogP contribution in [0.5, 0.6) is 0 Å². The van der Waals surface area contributed by atoms with Crippen LogP contribution in [-0.2, 0) is 55.3 Å². The van der Waals surface area contributed by atoms with Crippen molar-refractivity contribution in [1.82, 2.24) is 9.13 Å². The lowest BCUT2D eigenvalue weighted by Crippen LogP contribution is -2.62. The Bertz CT molecular complexity index is 7940. The highest BCUT2D eigenvalue weighted by atomic mass is 15.2. The van der Waals surface area contributed by atoms with E-state index in [4.69, 9.17) is 12.3 Å². The summed E-state index contributed by atoms with van der Waals surface area (Å²) in [5.41, 5.74) is 22.8. The van der Waals surface area contributed by atoms with Gasteiger partial charge in [0, 0.05) is 99.4 Å². The molecule has 121 heavy (non-hydrogen) atoms. The summed E-state index contributed by atoms with van der Waals surface area (Å²) in [6.45, 7) is 19.8. The van der Waals surface area contributed by atoms with Crippen LogP contribution in [0.2, 0.25) is 0 Å². The molecule has 16 aromatic carbocycles. The molecule has 2 aliphatic rings. The summed E-state index contributed by atoms with van der Waals surface area (Å²) in [5, 5.41) is -0.209. The second-order valence-corrected chi connectivity index (χ2v) is 35.2. The van der Waals surface area contributed by atoms with E-state index in [0.717, 1.165) is 117 Å². The minimum absolute atomic E-state index is 0.00853. The quantitative estimate of drug-likeness (QED) is 0.0752. The van der Waals surface area contributed by atoms with Gasteiger partial charge in [-0.05, 0) is 224 Å². The number of para-hydroxylation sites is 5. The number of hydrogen-bond donors (Lipinski definition) is 0. The molecule has 0 saturated carbocycles. The third-order valence-corrected chi connectivity index (χ3v) is 24.4. The van der Waals surface area contributed by atoms with E-state index >= 15 is 0 Å². The largest absolute Gasteiger partial charge is 0.363 e. The van der Waals surface area contributed by atoms with Gasteiger partial charge in [-0.25, -0.2) is 0 Å². The average molecular weight is 1590 g/mol. The zero-order valence-corrected chi connectivity index (χ0v) is 69.4. The number of nitrogens with zero attached hydrogens (tertiary/aromatic N) is 5. The van der Waals surface area contributed by atoms with Crippen molar-refractivity contribution in [3.05, 3.63) is 414 Å². The molecule has 590 valence electrons. The molecule has 6 heteroatoms. The van der Waals surface area contributed by atoms with Crippen LogP contribution in [0.15, 0.2) is 370 Å². The van der Waals surface area contributed by atoms with E-state index in [2.05, 4.69) is 242 Å². The topological polar surface area (TPSA) is 19.6 Å². The zero-order chi connectivity index (χ0) is 101. The summed E-state index contributed by atoms with van der Waals surface area (Å²) < 4.78 is 198. The third-order valence-electron chi connectivity index (χ3n) is 24.4. The third kappa shape index (κ3) is 14.6. The highest BCUT2D eigenvalue weighted by Gasteiger charge is 2.44. The number of aryl methyl sites for hydroxylation is 2. The fraction of sp³-hybridized carbons (Fsp3) is 0.165. The molecule has 0 atom stereocenters. The van der Waals surface area contributed by atoms with Crippen LogP contribution in [0.4, 0.5) is 28.4 Å². The second-order valence-electron chi connectivity index (χ2n) is 35.2. The first-order chi connectivity index (χ1) is 67.6. The van der Waals surface area contributed by atoms with Crippen molar-refractivity contribution in [3.63, 3.8) is 0 Å². The molecule has 0 spiro atoms. The molecule has 0 bridgehead atoms. The standard InChI is InChI=1S/C115H102BN5/c1-113(2,3)90-69-89(70-91(72-90)114(4,5)6)86-54-58-103-109(71-86)119(62-60-80-63-87(82-33-15-10-16-34-82)68-88(64-80)83-35-17-11-18-36-83)110-66-81(76-117(93-41-23-14-24-42-93)75-79-51-55-94(56-52-79)121-106-49-31-27-45-97(106)98-46-28-32-50-107(98)121)67-111-112(110)116(103)102-57-53-78(59-61-118-104-47-29-25-43-95(104)96-44-26-30-48-105(96)118)65-108(102)120(111)77-101-99(84-37-19-12-20-38-84)73-92(115(7,8)9)74-100(101)85-39-21-13-22-40-85/h10-58,63-74H,59-62,75-77H2,1-9H3/i14D,23D,24D,25D,26D,27D,28D,29D,30D,31D,32D,41D,42D,43D,44D,45D,46D,47D,48D,49D,50D. The molecule has 0 aliphatic carbocycles. The lowest BCUT2D eigenvalue weighted by molar-refractivity contribution is 0.569. The van der Waals surface area contributed by atoms with Crippen molar-refractivity contribution in [2.24, 2.45) is 0 Å². The molecule has 0 N–H and O–H groups in total. The van der Waals surface area contributed by atoms with Gasteiger partial charge in [-0.2, -0.15) is 0 Å². The summed E-state index contributed by atoms with van der Waals surface area (Å²) in [6, 6.07) is 74.0. The number of hydrogen-bond acceptors (Lipinski definition) is 3. The predicted molar refractivity (Wildman–Crippen MR) is 517 cm³/mol. The van der Waals surface area contributed by atoms with E-state index in [1.807, 2.05) is 48.5 Å².